The van der Waals surface area contributed by atoms with Crippen molar-refractivity contribution < 1.29 is 4.74 Å². The second-order valence-electron chi connectivity index (χ2n) is 6.13. The van der Waals surface area contributed by atoms with Gasteiger partial charge in [-0.2, -0.15) is 0 Å². The van der Waals surface area contributed by atoms with Crippen molar-refractivity contribution in [3.05, 3.63) is 0 Å². The predicted molar refractivity (Wildman–Crippen MR) is 63.9 cm³/mol. The Morgan fingerprint density at radius 2 is 1.80 bits per heavy atom. The van der Waals surface area contributed by atoms with Gasteiger partial charge in [-0.1, -0.05) is 13.8 Å². The van der Waals surface area contributed by atoms with E-state index in [1.165, 1.54) is 0 Å². The summed E-state index contributed by atoms with van der Waals surface area (Å²) in [7, 11) is 0. The molecule has 1 unspecified atom stereocenters. The molecule has 1 fully saturated rings. The zero-order valence-electron chi connectivity index (χ0n) is 11.0. The molecule has 1 aliphatic heterocycles. The first-order valence-electron chi connectivity index (χ1n) is 5.82. The average molecular weight is 214 g/mol. The van der Waals surface area contributed by atoms with Crippen LogP contribution in [-0.2, 0) is 4.74 Å². The van der Waals surface area contributed by atoms with Crippen LogP contribution in [0.3, 0.4) is 0 Å². The van der Waals surface area contributed by atoms with Crippen LogP contribution < -0.4 is 11.1 Å². The number of rotatable bonds is 3. The fourth-order valence-electron chi connectivity index (χ4n) is 2.92. The van der Waals surface area contributed by atoms with E-state index in [-0.39, 0.29) is 16.7 Å². The summed E-state index contributed by atoms with van der Waals surface area (Å²) in [4.78, 5) is 0. The van der Waals surface area contributed by atoms with Crippen LogP contribution in [0, 0.1) is 0 Å². The van der Waals surface area contributed by atoms with Crippen LogP contribution in [0.15, 0.2) is 0 Å². The Labute approximate surface area is 93.8 Å². The van der Waals surface area contributed by atoms with E-state index in [0.29, 0.717) is 12.6 Å². The fourth-order valence-corrected chi connectivity index (χ4v) is 2.92. The van der Waals surface area contributed by atoms with Crippen LogP contribution in [0.4, 0.5) is 0 Å². The first-order valence-corrected chi connectivity index (χ1v) is 5.82. The lowest BCUT2D eigenvalue weighted by Gasteiger charge is -2.41. The minimum atomic E-state index is -0.213. The fraction of sp³-hybridized carbons (Fsp3) is 1.00. The van der Waals surface area contributed by atoms with Crippen LogP contribution in [-0.4, -0.2) is 29.3 Å². The SMILES string of the molecule is CC(C)NC1(CN)CC(C)(C)OC1(C)C. The minimum Gasteiger partial charge on any atom is -0.368 e. The lowest BCUT2D eigenvalue weighted by atomic mass is 9.78. The lowest BCUT2D eigenvalue weighted by Crippen LogP contribution is -2.63. The molecule has 0 aliphatic carbocycles. The predicted octanol–water partition coefficient (Wildman–Crippen LogP) is 1.66. The summed E-state index contributed by atoms with van der Waals surface area (Å²) < 4.78 is 6.10. The summed E-state index contributed by atoms with van der Waals surface area (Å²) in [5, 5.41) is 3.60. The molecule has 15 heavy (non-hydrogen) atoms. The van der Waals surface area contributed by atoms with Crippen LogP contribution in [0.1, 0.15) is 48.0 Å². The molecule has 3 nitrogen and oxygen atoms in total. The Kier molecular flexibility index (Phi) is 3.21. The standard InChI is InChI=1S/C12H26N2O/c1-9(2)14-12(8-13)7-10(3,4)15-11(12,5)6/h9,14H,7-8,13H2,1-6H3. The molecule has 0 aromatic rings. The highest BCUT2D eigenvalue weighted by molar-refractivity contribution is 5.12. The van der Waals surface area contributed by atoms with Crippen LogP contribution in [0.25, 0.3) is 0 Å². The molecule has 0 saturated carbocycles. The third-order valence-electron chi connectivity index (χ3n) is 3.32. The molecular weight excluding hydrogens is 188 g/mol. The van der Waals surface area contributed by atoms with Crippen LogP contribution in [0.2, 0.25) is 0 Å². The molecule has 1 rings (SSSR count). The topological polar surface area (TPSA) is 47.3 Å². The number of nitrogens with two attached hydrogens (primary N) is 1. The Morgan fingerprint density at radius 3 is 2.07 bits per heavy atom. The van der Waals surface area contributed by atoms with Crippen LogP contribution >= 0.6 is 0 Å². The average Bonchev–Trinajstić information content (AvgIpc) is 2.15. The van der Waals surface area contributed by atoms with Crippen molar-refractivity contribution >= 4 is 0 Å². The van der Waals surface area contributed by atoms with E-state index >= 15 is 0 Å². The van der Waals surface area contributed by atoms with Gasteiger partial charge in [-0.15, -0.1) is 0 Å². The molecule has 1 heterocycles. The molecule has 0 aromatic heterocycles. The second-order valence-corrected chi connectivity index (χ2v) is 6.13. The molecule has 1 saturated heterocycles. The summed E-state index contributed by atoms with van der Waals surface area (Å²) in [6.07, 6.45) is 0.960. The van der Waals surface area contributed by atoms with Crippen molar-refractivity contribution in [2.75, 3.05) is 6.54 Å². The highest BCUT2D eigenvalue weighted by Crippen LogP contribution is 2.44. The first kappa shape index (κ1) is 12.9. The quantitative estimate of drug-likeness (QED) is 0.751. The van der Waals surface area contributed by atoms with Gasteiger partial charge in [-0.3, -0.25) is 0 Å². The summed E-state index contributed by atoms with van der Waals surface area (Å²) in [6, 6.07) is 0.422. The van der Waals surface area contributed by atoms with Crippen LogP contribution in [0.5, 0.6) is 0 Å². The Hall–Kier alpha value is -0.120. The van der Waals surface area contributed by atoms with Gasteiger partial charge < -0.3 is 15.8 Å². The van der Waals surface area contributed by atoms with Gasteiger partial charge in [0, 0.05) is 12.6 Å². The van der Waals surface area contributed by atoms with Crippen molar-refractivity contribution in [2.45, 2.75) is 70.7 Å². The molecule has 0 bridgehead atoms. The molecule has 90 valence electrons. The molecule has 1 aliphatic rings. The highest BCUT2D eigenvalue weighted by atomic mass is 16.5. The highest BCUT2D eigenvalue weighted by Gasteiger charge is 2.56. The molecule has 3 N–H and O–H groups in total. The van der Waals surface area contributed by atoms with Gasteiger partial charge in [0.2, 0.25) is 0 Å². The van der Waals surface area contributed by atoms with Crippen molar-refractivity contribution in [3.8, 4) is 0 Å². The van der Waals surface area contributed by atoms with Gasteiger partial charge in [0.15, 0.2) is 0 Å². The Morgan fingerprint density at radius 1 is 1.27 bits per heavy atom. The van der Waals surface area contributed by atoms with E-state index in [0.717, 1.165) is 6.42 Å². The van der Waals surface area contributed by atoms with Crippen molar-refractivity contribution in [3.63, 3.8) is 0 Å². The monoisotopic (exact) mass is 214 g/mol. The molecule has 1 atom stereocenters. The Balaban J connectivity index is 2.97. The zero-order chi connectivity index (χ0) is 11.9. The summed E-state index contributed by atoms with van der Waals surface area (Å²) in [6.45, 7) is 13.4. The van der Waals surface area contributed by atoms with Crippen molar-refractivity contribution in [1.29, 1.82) is 0 Å². The first-order chi connectivity index (χ1) is 6.64. The molecule has 0 radical (unpaired) electrons. The molecule has 3 heteroatoms. The second kappa shape index (κ2) is 3.72. The number of hydrogen-bond acceptors (Lipinski definition) is 3. The van der Waals surface area contributed by atoms with E-state index in [1.807, 2.05) is 0 Å². The number of hydrogen-bond donors (Lipinski definition) is 2. The minimum absolute atomic E-state index is 0.0925. The maximum Gasteiger partial charge on any atom is 0.0828 e. The van der Waals surface area contributed by atoms with Crippen molar-refractivity contribution in [1.82, 2.24) is 5.32 Å². The maximum atomic E-state index is 6.10. The normalized spacial score (nSPS) is 33.6. The van der Waals surface area contributed by atoms with Gasteiger partial charge in [0.1, 0.15) is 0 Å². The lowest BCUT2D eigenvalue weighted by molar-refractivity contribution is -0.0829. The zero-order valence-corrected chi connectivity index (χ0v) is 11.0. The number of nitrogens with one attached hydrogen (secondary N) is 1. The number of ether oxygens (including phenoxy) is 1. The van der Waals surface area contributed by atoms with Gasteiger partial charge in [0.05, 0.1) is 16.7 Å². The van der Waals surface area contributed by atoms with E-state index < -0.39 is 0 Å². The molecule has 0 amide bonds. The van der Waals surface area contributed by atoms with Gasteiger partial charge in [-0.25, -0.2) is 0 Å². The van der Waals surface area contributed by atoms with Crippen molar-refractivity contribution in [2.24, 2.45) is 5.73 Å². The third kappa shape index (κ3) is 2.35. The van der Waals surface area contributed by atoms with Gasteiger partial charge in [0.25, 0.3) is 0 Å². The van der Waals surface area contributed by atoms with Gasteiger partial charge >= 0.3 is 0 Å². The smallest absolute Gasteiger partial charge is 0.0828 e. The molecule has 0 aromatic carbocycles. The largest absolute Gasteiger partial charge is 0.368 e. The molecular formula is C12H26N2O. The maximum absolute atomic E-state index is 6.10. The van der Waals surface area contributed by atoms with E-state index in [4.69, 9.17) is 10.5 Å². The van der Waals surface area contributed by atoms with E-state index in [1.54, 1.807) is 0 Å². The summed E-state index contributed by atoms with van der Waals surface area (Å²) in [5.74, 6) is 0. The summed E-state index contributed by atoms with van der Waals surface area (Å²) >= 11 is 0. The molecule has 0 spiro atoms. The Bertz CT molecular complexity index is 236. The van der Waals surface area contributed by atoms with E-state index in [9.17, 15) is 0 Å². The third-order valence-corrected chi connectivity index (χ3v) is 3.32. The van der Waals surface area contributed by atoms with E-state index in [2.05, 4.69) is 46.9 Å². The summed E-state index contributed by atoms with van der Waals surface area (Å²) in [5.41, 5.74) is 5.56. The van der Waals surface area contributed by atoms with Gasteiger partial charge in [-0.05, 0) is 34.1 Å².